The van der Waals surface area contributed by atoms with E-state index in [4.69, 9.17) is 16.3 Å². The van der Waals surface area contributed by atoms with Crippen LogP contribution in [0.15, 0.2) is 29.4 Å². The smallest absolute Gasteiger partial charge is 0.244 e. The Bertz CT molecular complexity index is 716. The summed E-state index contributed by atoms with van der Waals surface area (Å²) >= 11 is 5.89. The van der Waals surface area contributed by atoms with Gasteiger partial charge in [-0.1, -0.05) is 11.6 Å². The van der Waals surface area contributed by atoms with E-state index in [1.807, 2.05) is 0 Å². The molecule has 9 heteroatoms. The second-order valence-corrected chi connectivity index (χ2v) is 6.36. The van der Waals surface area contributed by atoms with E-state index in [0.717, 1.165) is 0 Å². The summed E-state index contributed by atoms with van der Waals surface area (Å²) < 4.78 is 32.2. The average molecular weight is 332 g/mol. The molecule has 0 bridgehead atoms. The molecule has 2 aromatic rings. The maximum Gasteiger partial charge on any atom is 0.244 e. The quantitative estimate of drug-likeness (QED) is 0.733. The number of sulfonamides is 1. The summed E-state index contributed by atoms with van der Waals surface area (Å²) in [6, 6.07) is 2.73. The number of hydrogen-bond acceptors (Lipinski definition) is 5. The average Bonchev–Trinajstić information content (AvgIpc) is 2.97. The van der Waals surface area contributed by atoms with Crippen molar-refractivity contribution >= 4 is 21.6 Å². The van der Waals surface area contributed by atoms with Gasteiger partial charge in [-0.25, -0.2) is 13.1 Å². The standard InChI is InChI=1S/C12H14ClN3O4S/c1-20-12-9(7-17)2-10(13)3-11(12)21(18,19)16-6-8-4-14-15-5-8/h2-5,16-17H,6-7H2,1H3,(H,14,15). The van der Waals surface area contributed by atoms with E-state index in [2.05, 4.69) is 14.9 Å². The lowest BCUT2D eigenvalue weighted by molar-refractivity contribution is 0.272. The number of rotatable bonds is 6. The Morgan fingerprint density at radius 2 is 2.24 bits per heavy atom. The lowest BCUT2D eigenvalue weighted by Gasteiger charge is -2.14. The zero-order chi connectivity index (χ0) is 15.5. The van der Waals surface area contributed by atoms with Crippen LogP contribution in [-0.4, -0.2) is 30.8 Å². The van der Waals surface area contributed by atoms with Gasteiger partial charge in [0.2, 0.25) is 10.0 Å². The minimum Gasteiger partial charge on any atom is -0.495 e. The van der Waals surface area contributed by atoms with E-state index in [0.29, 0.717) is 11.1 Å². The topological polar surface area (TPSA) is 104 Å². The SMILES string of the molecule is COc1c(CO)cc(Cl)cc1S(=O)(=O)NCc1cn[nH]c1. The molecule has 0 spiro atoms. The van der Waals surface area contributed by atoms with Gasteiger partial charge in [0.1, 0.15) is 10.6 Å². The zero-order valence-corrected chi connectivity index (χ0v) is 12.7. The van der Waals surface area contributed by atoms with Gasteiger partial charge in [0.25, 0.3) is 0 Å². The van der Waals surface area contributed by atoms with Crippen molar-refractivity contribution in [2.75, 3.05) is 7.11 Å². The summed E-state index contributed by atoms with van der Waals surface area (Å²) in [5, 5.41) is 15.8. The molecule has 0 aliphatic carbocycles. The Morgan fingerprint density at radius 1 is 1.48 bits per heavy atom. The summed E-state index contributed by atoms with van der Waals surface area (Å²) in [4.78, 5) is -0.120. The van der Waals surface area contributed by atoms with Crippen molar-refractivity contribution in [1.29, 1.82) is 0 Å². The fourth-order valence-electron chi connectivity index (χ4n) is 1.80. The number of methoxy groups -OCH3 is 1. The maximum absolute atomic E-state index is 12.4. The highest BCUT2D eigenvalue weighted by molar-refractivity contribution is 7.89. The third-order valence-electron chi connectivity index (χ3n) is 2.78. The fraction of sp³-hybridized carbons (Fsp3) is 0.250. The molecule has 1 aromatic carbocycles. The highest BCUT2D eigenvalue weighted by atomic mass is 35.5. The van der Waals surface area contributed by atoms with Crippen LogP contribution in [0.3, 0.4) is 0 Å². The summed E-state index contributed by atoms with van der Waals surface area (Å²) in [5.41, 5.74) is 0.982. The molecule has 2 rings (SSSR count). The zero-order valence-electron chi connectivity index (χ0n) is 11.1. The second-order valence-electron chi connectivity index (χ2n) is 4.19. The van der Waals surface area contributed by atoms with Crippen LogP contribution >= 0.6 is 11.6 Å². The van der Waals surface area contributed by atoms with Crippen molar-refractivity contribution in [3.63, 3.8) is 0 Å². The van der Waals surface area contributed by atoms with Crippen LogP contribution in [-0.2, 0) is 23.2 Å². The minimum absolute atomic E-state index is 0.0709. The molecule has 21 heavy (non-hydrogen) atoms. The second kappa shape index (κ2) is 6.44. The molecule has 0 fully saturated rings. The van der Waals surface area contributed by atoms with Crippen LogP contribution in [0.1, 0.15) is 11.1 Å². The predicted molar refractivity (Wildman–Crippen MR) is 76.5 cm³/mol. The molecule has 114 valence electrons. The van der Waals surface area contributed by atoms with Crippen LogP contribution in [0.25, 0.3) is 0 Å². The summed E-state index contributed by atoms with van der Waals surface area (Å²) in [6.07, 6.45) is 3.09. The molecular formula is C12H14ClN3O4S. The van der Waals surface area contributed by atoms with Gasteiger partial charge >= 0.3 is 0 Å². The number of aliphatic hydroxyl groups excluding tert-OH is 1. The monoisotopic (exact) mass is 331 g/mol. The summed E-state index contributed by atoms with van der Waals surface area (Å²) in [7, 11) is -2.52. The van der Waals surface area contributed by atoms with Crippen molar-refractivity contribution in [2.45, 2.75) is 18.0 Å². The van der Waals surface area contributed by atoms with Crippen molar-refractivity contribution in [2.24, 2.45) is 0 Å². The van der Waals surface area contributed by atoms with Crippen LogP contribution in [0.2, 0.25) is 5.02 Å². The Kier molecular flexibility index (Phi) is 4.84. The van der Waals surface area contributed by atoms with Crippen molar-refractivity contribution < 1.29 is 18.3 Å². The first-order chi connectivity index (χ1) is 9.97. The minimum atomic E-state index is -3.85. The Labute approximate surface area is 127 Å². The molecule has 0 amide bonds. The number of aliphatic hydroxyl groups is 1. The molecule has 3 N–H and O–H groups in total. The van der Waals surface area contributed by atoms with Crippen LogP contribution in [0.4, 0.5) is 0 Å². The van der Waals surface area contributed by atoms with Crippen molar-refractivity contribution in [1.82, 2.24) is 14.9 Å². The first kappa shape index (κ1) is 15.8. The predicted octanol–water partition coefficient (Wildman–Crippen LogP) is 1.04. The molecule has 0 aliphatic heterocycles. The highest BCUT2D eigenvalue weighted by Gasteiger charge is 2.22. The molecule has 0 atom stereocenters. The number of nitrogens with zero attached hydrogens (tertiary/aromatic N) is 1. The van der Waals surface area contributed by atoms with Gasteiger partial charge in [-0.2, -0.15) is 5.10 Å². The molecule has 1 aromatic heterocycles. The van der Waals surface area contributed by atoms with Gasteiger partial charge in [-0.15, -0.1) is 0 Å². The van der Waals surface area contributed by atoms with E-state index in [9.17, 15) is 13.5 Å². The van der Waals surface area contributed by atoms with Gasteiger partial charge in [0.15, 0.2) is 0 Å². The molecule has 0 saturated carbocycles. The normalized spacial score (nSPS) is 11.6. The molecule has 0 aliphatic rings. The number of ether oxygens (including phenoxy) is 1. The largest absolute Gasteiger partial charge is 0.495 e. The number of hydrogen-bond donors (Lipinski definition) is 3. The summed E-state index contributed by atoms with van der Waals surface area (Å²) in [6.45, 7) is -0.309. The lowest BCUT2D eigenvalue weighted by Crippen LogP contribution is -2.24. The molecule has 0 unspecified atom stereocenters. The molecular weight excluding hydrogens is 318 g/mol. The number of nitrogens with one attached hydrogen (secondary N) is 2. The van der Waals surface area contributed by atoms with E-state index < -0.39 is 10.0 Å². The maximum atomic E-state index is 12.4. The van der Waals surface area contributed by atoms with Crippen molar-refractivity contribution in [3.05, 3.63) is 40.7 Å². The van der Waals surface area contributed by atoms with Crippen molar-refractivity contribution in [3.8, 4) is 5.75 Å². The molecule has 1 heterocycles. The Balaban J connectivity index is 2.36. The third-order valence-corrected chi connectivity index (χ3v) is 4.41. The van der Waals surface area contributed by atoms with Gasteiger partial charge < -0.3 is 9.84 Å². The molecule has 0 saturated heterocycles. The Hall–Kier alpha value is -1.61. The number of aromatic nitrogens is 2. The van der Waals surface area contributed by atoms with Crippen LogP contribution in [0, 0.1) is 0 Å². The number of H-pyrrole nitrogens is 1. The summed E-state index contributed by atoms with van der Waals surface area (Å²) in [5.74, 6) is 0.0709. The van der Waals surface area contributed by atoms with Gasteiger partial charge in [0, 0.05) is 28.9 Å². The molecule has 0 radical (unpaired) electrons. The fourth-order valence-corrected chi connectivity index (χ4v) is 3.36. The Morgan fingerprint density at radius 3 is 2.81 bits per heavy atom. The van der Waals surface area contributed by atoms with Crippen LogP contribution < -0.4 is 9.46 Å². The van der Waals surface area contributed by atoms with E-state index in [1.54, 1.807) is 6.20 Å². The van der Waals surface area contributed by atoms with Gasteiger partial charge in [-0.05, 0) is 12.1 Å². The first-order valence-corrected chi connectivity index (χ1v) is 7.78. The highest BCUT2D eigenvalue weighted by Crippen LogP contribution is 2.31. The van der Waals surface area contributed by atoms with E-state index in [1.165, 1.54) is 25.4 Å². The first-order valence-electron chi connectivity index (χ1n) is 5.92. The lowest BCUT2D eigenvalue weighted by atomic mass is 10.2. The van der Waals surface area contributed by atoms with Gasteiger partial charge in [-0.3, -0.25) is 5.10 Å². The number of aromatic amines is 1. The van der Waals surface area contributed by atoms with Crippen LogP contribution in [0.5, 0.6) is 5.75 Å². The van der Waals surface area contributed by atoms with E-state index >= 15 is 0 Å². The number of benzene rings is 1. The molecule has 7 nitrogen and oxygen atoms in total. The van der Waals surface area contributed by atoms with E-state index in [-0.39, 0.29) is 28.8 Å². The van der Waals surface area contributed by atoms with Gasteiger partial charge in [0.05, 0.1) is 19.9 Å². The third kappa shape index (κ3) is 3.53. The number of halogens is 1.